The highest BCUT2D eigenvalue weighted by molar-refractivity contribution is 7.80. The molecule has 0 aromatic heterocycles. The van der Waals surface area contributed by atoms with Crippen molar-refractivity contribution < 1.29 is 14.5 Å². The number of thiocarbonyl (C=S) groups is 1. The zero-order valence-electron chi connectivity index (χ0n) is 14.6. The Hall–Kier alpha value is -1.34. The summed E-state index contributed by atoms with van der Waals surface area (Å²) >= 11 is 5.10. The average molecular weight is 354 g/mol. The predicted octanol–water partition coefficient (Wildman–Crippen LogP) is 0.176. The maximum absolute atomic E-state index is 12.4. The van der Waals surface area contributed by atoms with Crippen molar-refractivity contribution in [2.45, 2.75) is 45.4 Å². The highest BCUT2D eigenvalue weighted by Gasteiger charge is 2.36. The minimum Gasteiger partial charge on any atom is -0.335 e. The summed E-state index contributed by atoms with van der Waals surface area (Å²) < 4.78 is 0. The van der Waals surface area contributed by atoms with Crippen LogP contribution in [0.3, 0.4) is 0 Å². The van der Waals surface area contributed by atoms with Gasteiger partial charge in [0, 0.05) is 25.7 Å². The van der Waals surface area contributed by atoms with Crippen LogP contribution in [-0.2, 0) is 9.59 Å². The van der Waals surface area contributed by atoms with Gasteiger partial charge in [-0.05, 0) is 37.9 Å². The van der Waals surface area contributed by atoms with Crippen LogP contribution in [0.15, 0.2) is 4.99 Å². The molecule has 0 aromatic rings. The van der Waals surface area contributed by atoms with E-state index in [1.807, 2.05) is 0 Å². The third-order valence-corrected chi connectivity index (χ3v) is 4.98. The number of quaternary nitrogens is 1. The molecule has 2 aliphatic heterocycles. The molecule has 2 aliphatic rings. The molecule has 2 N–H and O–H groups in total. The summed E-state index contributed by atoms with van der Waals surface area (Å²) in [4.78, 5) is 31.9. The van der Waals surface area contributed by atoms with Crippen molar-refractivity contribution in [1.82, 2.24) is 10.2 Å². The molecule has 6 nitrogen and oxygen atoms in total. The molecule has 1 atom stereocenters. The predicted molar refractivity (Wildman–Crippen MR) is 98.2 cm³/mol. The number of carbonyl (C=O) groups is 2. The molecular weight excluding hydrogens is 324 g/mol. The first-order valence-corrected chi connectivity index (χ1v) is 9.54. The van der Waals surface area contributed by atoms with E-state index >= 15 is 0 Å². The Balaban J connectivity index is 1.79. The number of unbranched alkanes of at least 4 members (excludes halogenated alkanes) is 1. The minimum absolute atomic E-state index is 0.219. The van der Waals surface area contributed by atoms with Crippen molar-refractivity contribution in [3.05, 3.63) is 0 Å². The van der Waals surface area contributed by atoms with Gasteiger partial charge >= 0.3 is 0 Å². The monoisotopic (exact) mass is 353 g/mol. The summed E-state index contributed by atoms with van der Waals surface area (Å²) in [5, 5.41) is 2.83. The van der Waals surface area contributed by atoms with Crippen molar-refractivity contribution in [2.75, 3.05) is 32.7 Å². The number of rotatable bonds is 8. The van der Waals surface area contributed by atoms with Gasteiger partial charge in [-0.1, -0.05) is 13.3 Å². The van der Waals surface area contributed by atoms with E-state index in [-0.39, 0.29) is 16.9 Å². The maximum atomic E-state index is 12.4. The summed E-state index contributed by atoms with van der Waals surface area (Å²) in [5.74, 6) is -1.44. The third kappa shape index (κ3) is 5.34. The zero-order chi connectivity index (χ0) is 17.4. The Bertz CT molecular complexity index is 489. The standard InChI is InChI=1S/C17H28N4O2S/c1-2-3-12-21-16(23)14(15(22)19-17(21)24)13-18-8-7-11-20-9-5-4-6-10-20/h13-14H,2-12H2,1H3,(H,19,22,24)/p+1/t14-/m1/s1. The first-order valence-electron chi connectivity index (χ1n) is 9.13. The van der Waals surface area contributed by atoms with Crippen molar-refractivity contribution in [3.8, 4) is 0 Å². The van der Waals surface area contributed by atoms with Gasteiger partial charge in [0.15, 0.2) is 11.0 Å². The number of nitrogens with zero attached hydrogens (tertiary/aromatic N) is 2. The average Bonchev–Trinajstić information content (AvgIpc) is 2.58. The van der Waals surface area contributed by atoms with Crippen molar-refractivity contribution in [1.29, 1.82) is 0 Å². The Kier molecular flexibility index (Phi) is 7.78. The van der Waals surface area contributed by atoms with Gasteiger partial charge in [0.2, 0.25) is 11.8 Å². The molecule has 2 rings (SSSR count). The number of carbonyl (C=O) groups excluding carboxylic acids is 2. The van der Waals surface area contributed by atoms with Crippen LogP contribution < -0.4 is 10.2 Å². The van der Waals surface area contributed by atoms with Crippen LogP contribution in [0.1, 0.15) is 45.4 Å². The molecule has 2 saturated heterocycles. The molecule has 2 fully saturated rings. The Morgan fingerprint density at radius 2 is 2.04 bits per heavy atom. The fraction of sp³-hybridized carbons (Fsp3) is 0.765. The van der Waals surface area contributed by atoms with Crippen LogP contribution in [0.2, 0.25) is 0 Å². The minimum atomic E-state index is -0.837. The number of likely N-dealkylation sites (tertiary alicyclic amines) is 1. The number of aliphatic imine (C=N–C) groups is 1. The molecule has 2 heterocycles. The molecule has 24 heavy (non-hydrogen) atoms. The van der Waals surface area contributed by atoms with Crippen LogP contribution in [0.4, 0.5) is 0 Å². The van der Waals surface area contributed by atoms with E-state index in [1.165, 1.54) is 43.5 Å². The summed E-state index contributed by atoms with van der Waals surface area (Å²) in [5.41, 5.74) is 0. The van der Waals surface area contributed by atoms with Gasteiger partial charge in [-0.3, -0.25) is 19.5 Å². The third-order valence-electron chi connectivity index (χ3n) is 4.66. The second-order valence-corrected chi connectivity index (χ2v) is 6.97. The van der Waals surface area contributed by atoms with E-state index in [1.54, 1.807) is 4.90 Å². The van der Waals surface area contributed by atoms with Gasteiger partial charge in [-0.15, -0.1) is 0 Å². The second kappa shape index (κ2) is 9.84. The molecule has 0 saturated carbocycles. The summed E-state index contributed by atoms with van der Waals surface area (Å²) in [6, 6.07) is 0. The topological polar surface area (TPSA) is 66.2 Å². The largest absolute Gasteiger partial charge is 0.335 e. The van der Waals surface area contributed by atoms with Crippen LogP contribution >= 0.6 is 12.2 Å². The highest BCUT2D eigenvalue weighted by Crippen LogP contribution is 2.10. The molecule has 7 heteroatoms. The molecule has 0 aromatic carbocycles. The quantitative estimate of drug-likeness (QED) is 0.283. The normalized spacial score (nSPS) is 23.1. The van der Waals surface area contributed by atoms with Crippen molar-refractivity contribution in [2.24, 2.45) is 10.9 Å². The lowest BCUT2D eigenvalue weighted by atomic mass is 10.1. The first kappa shape index (κ1) is 19.0. The second-order valence-electron chi connectivity index (χ2n) is 6.58. The van der Waals surface area contributed by atoms with E-state index in [0.29, 0.717) is 13.1 Å². The molecule has 0 radical (unpaired) electrons. The number of hydrogen-bond donors (Lipinski definition) is 2. The van der Waals surface area contributed by atoms with E-state index < -0.39 is 5.92 Å². The van der Waals surface area contributed by atoms with Gasteiger partial charge in [0.05, 0.1) is 19.6 Å². The van der Waals surface area contributed by atoms with Crippen LogP contribution in [-0.4, -0.2) is 60.8 Å². The van der Waals surface area contributed by atoms with E-state index in [2.05, 4.69) is 17.2 Å². The van der Waals surface area contributed by atoms with Crippen molar-refractivity contribution in [3.63, 3.8) is 0 Å². The number of amides is 2. The SMILES string of the molecule is CCCCN1C(=O)[C@H](C=NCCC[NH+]2CCCCC2)C(=O)NC1=S. The Labute approximate surface area is 149 Å². The van der Waals surface area contributed by atoms with Crippen molar-refractivity contribution >= 4 is 35.4 Å². The smallest absolute Gasteiger partial charge is 0.246 e. The van der Waals surface area contributed by atoms with Gasteiger partial charge in [0.25, 0.3) is 0 Å². The summed E-state index contributed by atoms with van der Waals surface area (Å²) in [7, 11) is 0. The fourth-order valence-electron chi connectivity index (χ4n) is 3.19. The summed E-state index contributed by atoms with van der Waals surface area (Å²) in [6.45, 7) is 6.92. The van der Waals surface area contributed by atoms with Gasteiger partial charge in [-0.25, -0.2) is 0 Å². The van der Waals surface area contributed by atoms with E-state index in [9.17, 15) is 9.59 Å². The summed E-state index contributed by atoms with van der Waals surface area (Å²) in [6.07, 6.45) is 8.33. The fourth-order valence-corrected chi connectivity index (χ4v) is 3.47. The molecular formula is C17H29N4O2S+. The van der Waals surface area contributed by atoms with Crippen LogP contribution in [0.25, 0.3) is 0 Å². The lowest BCUT2D eigenvalue weighted by Crippen LogP contribution is -3.12. The molecule has 0 spiro atoms. The Morgan fingerprint density at radius 3 is 2.75 bits per heavy atom. The molecule has 0 aliphatic carbocycles. The number of hydrogen-bond acceptors (Lipinski definition) is 4. The van der Waals surface area contributed by atoms with Gasteiger partial charge < -0.3 is 10.2 Å². The number of nitrogens with one attached hydrogen (secondary N) is 2. The molecule has 2 amide bonds. The zero-order valence-corrected chi connectivity index (χ0v) is 15.4. The van der Waals surface area contributed by atoms with Gasteiger partial charge in [-0.2, -0.15) is 0 Å². The van der Waals surface area contributed by atoms with E-state index in [4.69, 9.17) is 12.2 Å². The molecule has 134 valence electrons. The molecule has 0 unspecified atom stereocenters. The van der Waals surface area contributed by atoms with Crippen LogP contribution in [0, 0.1) is 5.92 Å². The highest BCUT2D eigenvalue weighted by atomic mass is 32.1. The number of piperidine rings is 1. The van der Waals surface area contributed by atoms with Crippen LogP contribution in [0.5, 0.6) is 0 Å². The van der Waals surface area contributed by atoms with E-state index in [0.717, 1.165) is 25.8 Å². The lowest BCUT2D eigenvalue weighted by molar-refractivity contribution is -0.904. The first-order chi connectivity index (χ1) is 11.6. The molecule has 0 bridgehead atoms. The lowest BCUT2D eigenvalue weighted by Gasteiger charge is -2.30. The van der Waals surface area contributed by atoms with Gasteiger partial charge in [0.1, 0.15) is 0 Å². The Morgan fingerprint density at radius 1 is 1.29 bits per heavy atom. The maximum Gasteiger partial charge on any atom is 0.246 e.